The molecular weight excluding hydrogens is 262 g/mol. The summed E-state index contributed by atoms with van der Waals surface area (Å²) in [7, 11) is 1.92. The molecule has 0 aliphatic heterocycles. The highest BCUT2D eigenvalue weighted by Gasteiger charge is 2.06. The van der Waals surface area contributed by atoms with Crippen molar-refractivity contribution in [2.45, 2.75) is 19.9 Å². The summed E-state index contributed by atoms with van der Waals surface area (Å²) in [6, 6.07) is 15.6. The Labute approximate surface area is 125 Å². The summed E-state index contributed by atoms with van der Waals surface area (Å²) in [5.41, 5.74) is 3.80. The van der Waals surface area contributed by atoms with E-state index in [1.807, 2.05) is 62.5 Å². The van der Waals surface area contributed by atoms with E-state index in [2.05, 4.69) is 22.9 Å². The Kier molecular flexibility index (Phi) is 4.95. The van der Waals surface area contributed by atoms with E-state index in [4.69, 9.17) is 0 Å². The molecule has 1 atom stereocenters. The van der Waals surface area contributed by atoms with E-state index < -0.39 is 0 Å². The van der Waals surface area contributed by atoms with Crippen molar-refractivity contribution in [3.63, 3.8) is 0 Å². The van der Waals surface area contributed by atoms with Crippen LogP contribution in [0.2, 0.25) is 0 Å². The fourth-order valence-electron chi connectivity index (χ4n) is 2.02. The Bertz CT molecular complexity index is 608. The number of hydrogen-bond donors (Lipinski definition) is 3. The van der Waals surface area contributed by atoms with Gasteiger partial charge in [0.1, 0.15) is 0 Å². The Morgan fingerprint density at radius 2 is 1.67 bits per heavy atom. The number of urea groups is 1. The Balaban J connectivity index is 1.98. The van der Waals surface area contributed by atoms with Gasteiger partial charge in [-0.2, -0.15) is 0 Å². The van der Waals surface area contributed by atoms with Crippen LogP contribution < -0.4 is 16.0 Å². The van der Waals surface area contributed by atoms with E-state index in [1.165, 1.54) is 5.56 Å². The van der Waals surface area contributed by atoms with Crippen LogP contribution in [0.3, 0.4) is 0 Å². The van der Waals surface area contributed by atoms with Gasteiger partial charge in [-0.15, -0.1) is 0 Å². The minimum atomic E-state index is -0.237. The molecule has 0 aliphatic carbocycles. The molecule has 1 unspecified atom stereocenters. The number of amides is 2. The number of carbonyl (C=O) groups excluding carboxylic acids is 1. The molecule has 2 aromatic rings. The number of nitrogens with one attached hydrogen (secondary N) is 3. The number of rotatable bonds is 4. The van der Waals surface area contributed by atoms with Crippen LogP contribution in [0.25, 0.3) is 0 Å². The van der Waals surface area contributed by atoms with Gasteiger partial charge in [-0.25, -0.2) is 4.79 Å². The van der Waals surface area contributed by atoms with Crippen LogP contribution >= 0.6 is 0 Å². The lowest BCUT2D eigenvalue weighted by Gasteiger charge is -2.12. The van der Waals surface area contributed by atoms with Gasteiger partial charge in [0.15, 0.2) is 0 Å². The van der Waals surface area contributed by atoms with Gasteiger partial charge in [-0.3, -0.25) is 0 Å². The third-order valence-electron chi connectivity index (χ3n) is 3.49. The number of hydrogen-bond acceptors (Lipinski definition) is 2. The van der Waals surface area contributed by atoms with Crippen molar-refractivity contribution in [3.8, 4) is 0 Å². The van der Waals surface area contributed by atoms with Crippen LogP contribution in [0.15, 0.2) is 48.5 Å². The quantitative estimate of drug-likeness (QED) is 0.796. The predicted octanol–water partition coefficient (Wildman–Crippen LogP) is 3.92. The molecule has 0 heterocycles. The standard InChI is InChI=1S/C17H21N3O/c1-12-6-4-5-7-16(12)20-17(21)19-15-10-8-14(9-11-15)13(2)18-3/h4-11,13,18H,1-3H3,(H2,19,20,21). The van der Waals surface area contributed by atoms with Crippen molar-refractivity contribution >= 4 is 17.4 Å². The van der Waals surface area contributed by atoms with Crippen molar-refractivity contribution in [2.75, 3.05) is 17.7 Å². The summed E-state index contributed by atoms with van der Waals surface area (Å²) in [6.07, 6.45) is 0. The average molecular weight is 283 g/mol. The van der Waals surface area contributed by atoms with Crippen LogP contribution in [-0.2, 0) is 0 Å². The molecule has 0 saturated heterocycles. The maximum atomic E-state index is 12.0. The molecule has 0 aliphatic rings. The highest BCUT2D eigenvalue weighted by molar-refractivity contribution is 6.00. The SMILES string of the molecule is CNC(C)c1ccc(NC(=O)Nc2ccccc2C)cc1. The van der Waals surface area contributed by atoms with Crippen molar-refractivity contribution in [2.24, 2.45) is 0 Å². The molecule has 4 nitrogen and oxygen atoms in total. The topological polar surface area (TPSA) is 53.2 Å². The minimum Gasteiger partial charge on any atom is -0.313 e. The lowest BCUT2D eigenvalue weighted by molar-refractivity contribution is 0.262. The fourth-order valence-corrected chi connectivity index (χ4v) is 2.02. The smallest absolute Gasteiger partial charge is 0.313 e. The summed E-state index contributed by atoms with van der Waals surface area (Å²) >= 11 is 0. The summed E-state index contributed by atoms with van der Waals surface area (Å²) in [4.78, 5) is 12.0. The van der Waals surface area contributed by atoms with Gasteiger partial charge in [0, 0.05) is 17.4 Å². The summed E-state index contributed by atoms with van der Waals surface area (Å²) in [6.45, 7) is 4.05. The molecular formula is C17H21N3O. The monoisotopic (exact) mass is 283 g/mol. The first kappa shape index (κ1) is 15.1. The summed E-state index contributed by atoms with van der Waals surface area (Å²) in [5, 5.41) is 8.86. The molecule has 0 bridgehead atoms. The number of aryl methyl sites for hydroxylation is 1. The van der Waals surface area contributed by atoms with E-state index in [9.17, 15) is 4.79 Å². The molecule has 0 spiro atoms. The third kappa shape index (κ3) is 4.07. The van der Waals surface area contributed by atoms with Crippen molar-refractivity contribution in [1.29, 1.82) is 0 Å². The van der Waals surface area contributed by atoms with Crippen molar-refractivity contribution in [3.05, 3.63) is 59.7 Å². The molecule has 2 amide bonds. The van der Waals surface area contributed by atoms with Crippen LogP contribution in [-0.4, -0.2) is 13.1 Å². The van der Waals surface area contributed by atoms with E-state index in [0.29, 0.717) is 6.04 Å². The molecule has 110 valence electrons. The minimum absolute atomic E-state index is 0.237. The van der Waals surface area contributed by atoms with Crippen molar-refractivity contribution in [1.82, 2.24) is 5.32 Å². The number of anilines is 2. The van der Waals surface area contributed by atoms with Gasteiger partial charge < -0.3 is 16.0 Å². The lowest BCUT2D eigenvalue weighted by Crippen LogP contribution is -2.20. The number of benzene rings is 2. The summed E-state index contributed by atoms with van der Waals surface area (Å²) in [5.74, 6) is 0. The van der Waals surface area contributed by atoms with Gasteiger partial charge in [-0.05, 0) is 50.2 Å². The number of carbonyl (C=O) groups is 1. The number of para-hydroxylation sites is 1. The Hall–Kier alpha value is -2.33. The van der Waals surface area contributed by atoms with Crippen LogP contribution in [0.5, 0.6) is 0 Å². The molecule has 2 aromatic carbocycles. The van der Waals surface area contributed by atoms with Crippen LogP contribution in [0.1, 0.15) is 24.1 Å². The maximum Gasteiger partial charge on any atom is 0.323 e. The molecule has 0 aromatic heterocycles. The molecule has 4 heteroatoms. The average Bonchev–Trinajstić information content (AvgIpc) is 2.49. The maximum absolute atomic E-state index is 12.0. The fraction of sp³-hybridized carbons (Fsp3) is 0.235. The molecule has 0 fully saturated rings. The highest BCUT2D eigenvalue weighted by atomic mass is 16.2. The van der Waals surface area contributed by atoms with Gasteiger partial charge in [0.25, 0.3) is 0 Å². The molecule has 2 rings (SSSR count). The van der Waals surface area contributed by atoms with Gasteiger partial charge >= 0.3 is 6.03 Å². The first-order chi connectivity index (χ1) is 10.1. The molecule has 3 N–H and O–H groups in total. The van der Waals surface area contributed by atoms with E-state index in [-0.39, 0.29) is 6.03 Å². The van der Waals surface area contributed by atoms with Crippen LogP contribution in [0.4, 0.5) is 16.2 Å². The second-order valence-corrected chi connectivity index (χ2v) is 5.03. The molecule has 0 radical (unpaired) electrons. The van der Waals surface area contributed by atoms with Gasteiger partial charge in [0.2, 0.25) is 0 Å². The normalized spacial score (nSPS) is 11.8. The Morgan fingerprint density at radius 1 is 1.00 bits per heavy atom. The first-order valence-corrected chi connectivity index (χ1v) is 7.01. The zero-order chi connectivity index (χ0) is 15.2. The molecule has 0 saturated carbocycles. The summed E-state index contributed by atoms with van der Waals surface area (Å²) < 4.78 is 0. The Morgan fingerprint density at radius 3 is 2.29 bits per heavy atom. The molecule has 21 heavy (non-hydrogen) atoms. The van der Waals surface area contributed by atoms with E-state index in [1.54, 1.807) is 0 Å². The zero-order valence-electron chi connectivity index (χ0n) is 12.6. The van der Waals surface area contributed by atoms with E-state index >= 15 is 0 Å². The first-order valence-electron chi connectivity index (χ1n) is 7.01. The predicted molar refractivity (Wildman–Crippen MR) is 87.7 cm³/mol. The highest BCUT2D eigenvalue weighted by Crippen LogP contribution is 2.17. The van der Waals surface area contributed by atoms with E-state index in [0.717, 1.165) is 16.9 Å². The second-order valence-electron chi connectivity index (χ2n) is 5.03. The zero-order valence-corrected chi connectivity index (χ0v) is 12.6. The second kappa shape index (κ2) is 6.90. The largest absolute Gasteiger partial charge is 0.323 e. The lowest BCUT2D eigenvalue weighted by atomic mass is 10.1. The third-order valence-corrected chi connectivity index (χ3v) is 3.49. The van der Waals surface area contributed by atoms with Gasteiger partial charge in [-0.1, -0.05) is 30.3 Å². The van der Waals surface area contributed by atoms with Crippen LogP contribution in [0, 0.1) is 6.92 Å². The van der Waals surface area contributed by atoms with Gasteiger partial charge in [0.05, 0.1) is 0 Å². The van der Waals surface area contributed by atoms with Crippen molar-refractivity contribution < 1.29 is 4.79 Å².